The molecule has 5 nitrogen and oxygen atoms in total. The first-order chi connectivity index (χ1) is 14.7. The molecule has 0 radical (unpaired) electrons. The summed E-state index contributed by atoms with van der Waals surface area (Å²) < 4.78 is 5.59. The second kappa shape index (κ2) is 9.28. The number of methoxy groups -OCH3 is 1. The van der Waals surface area contributed by atoms with E-state index in [-0.39, 0.29) is 5.91 Å². The van der Waals surface area contributed by atoms with Gasteiger partial charge in [0.15, 0.2) is 0 Å². The minimum atomic E-state index is -0.132. The van der Waals surface area contributed by atoms with Crippen molar-refractivity contribution in [2.75, 3.05) is 38.6 Å². The van der Waals surface area contributed by atoms with E-state index in [1.807, 2.05) is 30.3 Å². The third kappa shape index (κ3) is 4.48. The summed E-state index contributed by atoms with van der Waals surface area (Å²) in [7, 11) is 1.65. The second-order valence-electron chi connectivity index (χ2n) is 7.77. The van der Waals surface area contributed by atoms with Gasteiger partial charge >= 0.3 is 0 Å². The van der Waals surface area contributed by atoms with E-state index in [4.69, 9.17) is 4.74 Å². The average molecular weight is 404 g/mol. The van der Waals surface area contributed by atoms with E-state index in [0.717, 1.165) is 56.0 Å². The van der Waals surface area contributed by atoms with Gasteiger partial charge in [0.2, 0.25) is 0 Å². The molecule has 1 amide bonds. The Kier molecular flexibility index (Phi) is 6.31. The van der Waals surface area contributed by atoms with E-state index in [2.05, 4.69) is 41.1 Å². The average Bonchev–Trinajstić information content (AvgIpc) is 2.80. The highest BCUT2D eigenvalue weighted by molar-refractivity contribution is 6.05. The SMILES string of the molecule is COc1cc(C(=O)Nc2ccc(C3=CCNCC3)c(C)c2)ccc1C1=CCNCC1. The summed E-state index contributed by atoms with van der Waals surface area (Å²) in [6, 6.07) is 11.8. The molecule has 2 heterocycles. The number of hydrogen-bond acceptors (Lipinski definition) is 4. The van der Waals surface area contributed by atoms with E-state index in [1.54, 1.807) is 7.11 Å². The van der Waals surface area contributed by atoms with Crippen molar-refractivity contribution in [1.82, 2.24) is 10.6 Å². The van der Waals surface area contributed by atoms with E-state index < -0.39 is 0 Å². The van der Waals surface area contributed by atoms with Gasteiger partial charge < -0.3 is 20.7 Å². The molecule has 5 heteroatoms. The van der Waals surface area contributed by atoms with Crippen molar-refractivity contribution in [3.05, 3.63) is 70.8 Å². The van der Waals surface area contributed by atoms with Gasteiger partial charge in [-0.05, 0) is 79.4 Å². The van der Waals surface area contributed by atoms with Crippen molar-refractivity contribution in [2.24, 2.45) is 0 Å². The van der Waals surface area contributed by atoms with Crippen LogP contribution in [0.4, 0.5) is 5.69 Å². The molecule has 30 heavy (non-hydrogen) atoms. The number of benzene rings is 2. The van der Waals surface area contributed by atoms with Crippen LogP contribution in [0.2, 0.25) is 0 Å². The van der Waals surface area contributed by atoms with Crippen LogP contribution in [0.5, 0.6) is 5.75 Å². The zero-order valence-corrected chi connectivity index (χ0v) is 17.7. The number of ether oxygens (including phenoxy) is 1. The lowest BCUT2D eigenvalue weighted by atomic mass is 9.95. The molecule has 0 fully saturated rings. The van der Waals surface area contributed by atoms with Crippen LogP contribution in [-0.4, -0.2) is 39.2 Å². The zero-order valence-electron chi connectivity index (χ0n) is 17.7. The minimum Gasteiger partial charge on any atom is -0.496 e. The van der Waals surface area contributed by atoms with Crippen LogP contribution >= 0.6 is 0 Å². The van der Waals surface area contributed by atoms with Crippen LogP contribution in [0.3, 0.4) is 0 Å². The van der Waals surface area contributed by atoms with Crippen LogP contribution in [0.25, 0.3) is 11.1 Å². The summed E-state index contributed by atoms with van der Waals surface area (Å²) >= 11 is 0. The summed E-state index contributed by atoms with van der Waals surface area (Å²) in [4.78, 5) is 12.9. The van der Waals surface area contributed by atoms with Crippen LogP contribution < -0.4 is 20.7 Å². The molecule has 0 spiro atoms. The van der Waals surface area contributed by atoms with Crippen molar-refractivity contribution >= 4 is 22.7 Å². The molecule has 0 unspecified atom stereocenters. The number of aryl methyl sites for hydroxylation is 1. The van der Waals surface area contributed by atoms with Gasteiger partial charge in [0, 0.05) is 29.9 Å². The minimum absolute atomic E-state index is 0.132. The predicted molar refractivity (Wildman–Crippen MR) is 123 cm³/mol. The Hall–Kier alpha value is -2.89. The van der Waals surface area contributed by atoms with Crippen LogP contribution in [0.15, 0.2) is 48.6 Å². The lowest BCUT2D eigenvalue weighted by Gasteiger charge is -2.18. The first-order valence-corrected chi connectivity index (χ1v) is 10.6. The highest BCUT2D eigenvalue weighted by Crippen LogP contribution is 2.31. The third-order valence-corrected chi connectivity index (χ3v) is 5.77. The highest BCUT2D eigenvalue weighted by Gasteiger charge is 2.15. The fourth-order valence-electron chi connectivity index (χ4n) is 4.14. The normalized spacial score (nSPS) is 16.5. The Morgan fingerprint density at radius 2 is 1.60 bits per heavy atom. The maximum atomic E-state index is 12.9. The Balaban J connectivity index is 1.51. The fourth-order valence-corrected chi connectivity index (χ4v) is 4.14. The Morgan fingerprint density at radius 3 is 2.20 bits per heavy atom. The van der Waals surface area contributed by atoms with Gasteiger partial charge in [0.25, 0.3) is 5.91 Å². The topological polar surface area (TPSA) is 62.4 Å². The lowest BCUT2D eigenvalue weighted by molar-refractivity contribution is 0.102. The molecule has 0 atom stereocenters. The third-order valence-electron chi connectivity index (χ3n) is 5.77. The van der Waals surface area contributed by atoms with Gasteiger partial charge in [-0.1, -0.05) is 24.3 Å². The Morgan fingerprint density at radius 1 is 0.933 bits per heavy atom. The maximum Gasteiger partial charge on any atom is 0.255 e. The van der Waals surface area contributed by atoms with Gasteiger partial charge in [-0.15, -0.1) is 0 Å². The molecule has 2 aliphatic heterocycles. The summed E-state index contributed by atoms with van der Waals surface area (Å²) in [5, 5.41) is 9.69. The molecule has 2 aromatic carbocycles. The largest absolute Gasteiger partial charge is 0.496 e. The molecule has 4 rings (SSSR count). The van der Waals surface area contributed by atoms with E-state index in [1.165, 1.54) is 22.3 Å². The molecule has 2 aliphatic rings. The monoisotopic (exact) mass is 403 g/mol. The molecule has 0 saturated heterocycles. The van der Waals surface area contributed by atoms with Gasteiger partial charge in [0.05, 0.1) is 7.11 Å². The van der Waals surface area contributed by atoms with E-state index >= 15 is 0 Å². The molecule has 0 bridgehead atoms. The maximum absolute atomic E-state index is 12.9. The van der Waals surface area contributed by atoms with Crippen molar-refractivity contribution in [3.8, 4) is 5.75 Å². The smallest absolute Gasteiger partial charge is 0.255 e. The summed E-state index contributed by atoms with van der Waals surface area (Å²) in [5.74, 6) is 0.604. The molecule has 0 saturated carbocycles. The van der Waals surface area contributed by atoms with Crippen molar-refractivity contribution in [1.29, 1.82) is 0 Å². The van der Waals surface area contributed by atoms with Gasteiger partial charge in [0.1, 0.15) is 5.75 Å². The van der Waals surface area contributed by atoms with Crippen molar-refractivity contribution in [2.45, 2.75) is 19.8 Å². The number of hydrogen-bond donors (Lipinski definition) is 3. The number of rotatable bonds is 5. The molecular weight excluding hydrogens is 374 g/mol. The van der Waals surface area contributed by atoms with E-state index in [9.17, 15) is 4.79 Å². The summed E-state index contributed by atoms with van der Waals surface area (Å²) in [6.07, 6.45) is 6.42. The highest BCUT2D eigenvalue weighted by atomic mass is 16.5. The van der Waals surface area contributed by atoms with Crippen LogP contribution in [0.1, 0.15) is 39.9 Å². The number of carbonyl (C=O) groups is 1. The van der Waals surface area contributed by atoms with Gasteiger partial charge in [-0.3, -0.25) is 4.79 Å². The molecular formula is C25H29N3O2. The number of amides is 1. The van der Waals surface area contributed by atoms with Crippen LogP contribution in [-0.2, 0) is 0 Å². The van der Waals surface area contributed by atoms with E-state index in [0.29, 0.717) is 5.56 Å². The van der Waals surface area contributed by atoms with Gasteiger partial charge in [-0.25, -0.2) is 0 Å². The predicted octanol–water partition coefficient (Wildman–Crippen LogP) is 4.01. The Bertz CT molecular complexity index is 1010. The first kappa shape index (κ1) is 20.4. The quantitative estimate of drug-likeness (QED) is 0.706. The standard InChI is InChI=1S/C25H29N3O2/c1-17-15-21(4-6-22(17)18-7-11-26-12-8-18)28-25(29)20-3-5-23(24(16-20)30-2)19-9-13-27-14-10-19/h3-7,9,15-16,26-27H,8,10-14H2,1-2H3,(H,28,29). The van der Waals surface area contributed by atoms with Gasteiger partial charge in [-0.2, -0.15) is 0 Å². The van der Waals surface area contributed by atoms with Crippen molar-refractivity contribution < 1.29 is 9.53 Å². The second-order valence-corrected chi connectivity index (χ2v) is 7.77. The molecule has 156 valence electrons. The van der Waals surface area contributed by atoms with Crippen LogP contribution in [0, 0.1) is 6.92 Å². The molecule has 3 N–H and O–H groups in total. The first-order valence-electron chi connectivity index (χ1n) is 10.6. The molecule has 2 aromatic rings. The number of nitrogens with one attached hydrogen (secondary N) is 3. The van der Waals surface area contributed by atoms with Crippen molar-refractivity contribution in [3.63, 3.8) is 0 Å². The number of carbonyl (C=O) groups excluding carboxylic acids is 1. The summed E-state index contributed by atoms with van der Waals surface area (Å²) in [5.41, 5.74) is 7.52. The molecule has 0 aromatic heterocycles. The molecule has 0 aliphatic carbocycles. The lowest BCUT2D eigenvalue weighted by Crippen LogP contribution is -2.20. The Labute approximate surface area is 178 Å². The summed E-state index contributed by atoms with van der Waals surface area (Å²) in [6.45, 7) is 5.84. The zero-order chi connectivity index (χ0) is 20.9. The number of anilines is 1. The fraction of sp³-hybridized carbons (Fsp3) is 0.320.